The molecule has 14 heavy (non-hydrogen) atoms. The predicted molar refractivity (Wildman–Crippen MR) is 63.1 cm³/mol. The van der Waals surface area contributed by atoms with Gasteiger partial charge in [-0.2, -0.15) is 0 Å². The fourth-order valence-electron chi connectivity index (χ4n) is 2.18. The van der Waals surface area contributed by atoms with Crippen LogP contribution in [0.2, 0.25) is 0 Å². The fraction of sp³-hybridized carbons (Fsp3) is 0.846. The topological polar surface area (TPSA) is 26.0 Å². The summed E-state index contributed by atoms with van der Waals surface area (Å²) in [6.07, 6.45) is 6.03. The summed E-state index contributed by atoms with van der Waals surface area (Å²) in [6, 6.07) is 0. The number of rotatable bonds is 5. The first-order chi connectivity index (χ1) is 6.44. The van der Waals surface area contributed by atoms with Crippen LogP contribution >= 0.6 is 0 Å². The molecule has 1 aliphatic rings. The molecular formula is C13H25N. The normalized spacial score (nSPS) is 30.6. The van der Waals surface area contributed by atoms with Crippen LogP contribution in [0, 0.1) is 11.8 Å². The molecule has 0 bridgehead atoms. The van der Waals surface area contributed by atoms with Crippen LogP contribution < -0.4 is 5.73 Å². The minimum Gasteiger partial charge on any atom is -0.325 e. The monoisotopic (exact) mass is 195 g/mol. The Morgan fingerprint density at radius 3 is 2.50 bits per heavy atom. The first-order valence-electron chi connectivity index (χ1n) is 5.90. The van der Waals surface area contributed by atoms with E-state index in [1.165, 1.54) is 24.8 Å². The Morgan fingerprint density at radius 1 is 1.50 bits per heavy atom. The molecule has 2 N–H and O–H groups in total. The van der Waals surface area contributed by atoms with Crippen molar-refractivity contribution in [3.63, 3.8) is 0 Å². The zero-order valence-electron chi connectivity index (χ0n) is 9.97. The van der Waals surface area contributed by atoms with Gasteiger partial charge in [-0.1, -0.05) is 32.4 Å². The van der Waals surface area contributed by atoms with E-state index in [-0.39, 0.29) is 5.54 Å². The van der Waals surface area contributed by atoms with Gasteiger partial charge >= 0.3 is 0 Å². The van der Waals surface area contributed by atoms with Gasteiger partial charge in [0.05, 0.1) is 0 Å². The molecular weight excluding hydrogens is 170 g/mol. The summed E-state index contributed by atoms with van der Waals surface area (Å²) in [5, 5.41) is 0. The van der Waals surface area contributed by atoms with Gasteiger partial charge in [-0.25, -0.2) is 0 Å². The molecule has 0 amide bonds. The molecule has 0 radical (unpaired) electrons. The summed E-state index contributed by atoms with van der Waals surface area (Å²) >= 11 is 0. The van der Waals surface area contributed by atoms with E-state index in [9.17, 15) is 0 Å². The number of hydrogen-bond donors (Lipinski definition) is 1. The maximum atomic E-state index is 6.13. The Bertz CT molecular complexity index is 205. The van der Waals surface area contributed by atoms with Crippen molar-refractivity contribution in [2.24, 2.45) is 17.6 Å². The molecule has 0 heterocycles. The molecule has 1 saturated carbocycles. The smallest absolute Gasteiger partial charge is 0.0160 e. The van der Waals surface area contributed by atoms with Crippen molar-refractivity contribution in [2.45, 2.75) is 58.4 Å². The third kappa shape index (κ3) is 3.13. The predicted octanol–water partition coefficient (Wildman–Crippen LogP) is 3.50. The van der Waals surface area contributed by atoms with Crippen molar-refractivity contribution in [1.29, 1.82) is 0 Å². The van der Waals surface area contributed by atoms with Crippen LogP contribution in [0.15, 0.2) is 12.2 Å². The van der Waals surface area contributed by atoms with Crippen LogP contribution in [0.4, 0.5) is 0 Å². The van der Waals surface area contributed by atoms with E-state index in [1.54, 1.807) is 0 Å². The molecule has 3 unspecified atom stereocenters. The van der Waals surface area contributed by atoms with Gasteiger partial charge in [0.25, 0.3) is 0 Å². The molecule has 1 aliphatic carbocycles. The van der Waals surface area contributed by atoms with Gasteiger partial charge in [-0.3, -0.25) is 0 Å². The molecule has 0 saturated heterocycles. The summed E-state index contributed by atoms with van der Waals surface area (Å²) in [4.78, 5) is 0. The van der Waals surface area contributed by atoms with E-state index in [0.717, 1.165) is 24.7 Å². The zero-order chi connectivity index (χ0) is 10.8. The van der Waals surface area contributed by atoms with Crippen molar-refractivity contribution in [3.05, 3.63) is 12.2 Å². The SMILES string of the molecule is C=C(CC1CCC1C)CC(C)(N)CC. The maximum Gasteiger partial charge on any atom is 0.0160 e. The van der Waals surface area contributed by atoms with Crippen molar-refractivity contribution < 1.29 is 0 Å². The second kappa shape index (κ2) is 4.48. The number of nitrogens with two attached hydrogens (primary N) is 1. The molecule has 3 atom stereocenters. The summed E-state index contributed by atoms with van der Waals surface area (Å²) < 4.78 is 0. The quantitative estimate of drug-likeness (QED) is 0.668. The van der Waals surface area contributed by atoms with E-state index >= 15 is 0 Å². The lowest BCUT2D eigenvalue weighted by Crippen LogP contribution is -2.36. The molecule has 0 spiro atoms. The lowest BCUT2D eigenvalue weighted by molar-refractivity contribution is 0.192. The van der Waals surface area contributed by atoms with Crippen LogP contribution in [-0.4, -0.2) is 5.54 Å². The van der Waals surface area contributed by atoms with Gasteiger partial charge in [0.15, 0.2) is 0 Å². The first-order valence-corrected chi connectivity index (χ1v) is 5.90. The lowest BCUT2D eigenvalue weighted by Gasteiger charge is -2.35. The minimum absolute atomic E-state index is 0.0376. The van der Waals surface area contributed by atoms with Crippen molar-refractivity contribution in [3.8, 4) is 0 Å². The van der Waals surface area contributed by atoms with Crippen molar-refractivity contribution in [2.75, 3.05) is 0 Å². The van der Waals surface area contributed by atoms with Gasteiger partial charge in [-0.15, -0.1) is 0 Å². The molecule has 0 aromatic carbocycles. The van der Waals surface area contributed by atoms with Gasteiger partial charge in [0, 0.05) is 5.54 Å². The Hall–Kier alpha value is -0.300. The second-order valence-electron chi connectivity index (χ2n) is 5.45. The molecule has 1 nitrogen and oxygen atoms in total. The zero-order valence-corrected chi connectivity index (χ0v) is 9.97. The third-order valence-electron chi connectivity index (χ3n) is 3.81. The first kappa shape index (κ1) is 11.8. The minimum atomic E-state index is -0.0376. The van der Waals surface area contributed by atoms with Crippen molar-refractivity contribution in [1.82, 2.24) is 0 Å². The summed E-state index contributed by atoms with van der Waals surface area (Å²) in [7, 11) is 0. The fourth-order valence-corrected chi connectivity index (χ4v) is 2.18. The summed E-state index contributed by atoms with van der Waals surface area (Å²) in [5.74, 6) is 1.81. The Morgan fingerprint density at radius 2 is 2.14 bits per heavy atom. The second-order valence-corrected chi connectivity index (χ2v) is 5.45. The molecule has 0 aromatic heterocycles. The molecule has 0 aromatic rings. The Kier molecular flexibility index (Phi) is 3.77. The van der Waals surface area contributed by atoms with E-state index in [1.807, 2.05) is 0 Å². The molecule has 1 fully saturated rings. The van der Waals surface area contributed by atoms with Gasteiger partial charge in [0.1, 0.15) is 0 Å². The highest BCUT2D eigenvalue weighted by Crippen LogP contribution is 2.38. The summed E-state index contributed by atoms with van der Waals surface area (Å²) in [5.41, 5.74) is 7.44. The van der Waals surface area contributed by atoms with Crippen LogP contribution in [0.1, 0.15) is 52.9 Å². The standard InChI is InChI=1S/C13H25N/c1-5-13(4,14)9-10(2)8-12-7-6-11(12)3/h11-12H,2,5-9,14H2,1,3-4H3. The van der Waals surface area contributed by atoms with E-state index < -0.39 is 0 Å². The van der Waals surface area contributed by atoms with E-state index in [0.29, 0.717) is 0 Å². The van der Waals surface area contributed by atoms with Crippen molar-refractivity contribution >= 4 is 0 Å². The summed E-state index contributed by atoms with van der Waals surface area (Å²) in [6.45, 7) is 10.8. The maximum absolute atomic E-state index is 6.13. The lowest BCUT2D eigenvalue weighted by atomic mass is 9.71. The van der Waals surface area contributed by atoms with Crippen LogP contribution in [0.5, 0.6) is 0 Å². The van der Waals surface area contributed by atoms with Gasteiger partial charge in [0.2, 0.25) is 0 Å². The van der Waals surface area contributed by atoms with Gasteiger partial charge < -0.3 is 5.73 Å². The van der Waals surface area contributed by atoms with Crippen LogP contribution in [0.3, 0.4) is 0 Å². The molecule has 1 rings (SSSR count). The molecule has 82 valence electrons. The van der Waals surface area contributed by atoms with E-state index in [2.05, 4.69) is 27.4 Å². The average Bonchev–Trinajstić information content (AvgIpc) is 2.11. The Balaban J connectivity index is 2.28. The third-order valence-corrected chi connectivity index (χ3v) is 3.81. The highest BCUT2D eigenvalue weighted by atomic mass is 14.7. The highest BCUT2D eigenvalue weighted by Gasteiger charge is 2.28. The largest absolute Gasteiger partial charge is 0.325 e. The van der Waals surface area contributed by atoms with Crippen LogP contribution in [-0.2, 0) is 0 Å². The molecule has 0 aliphatic heterocycles. The highest BCUT2D eigenvalue weighted by molar-refractivity contribution is 5.04. The van der Waals surface area contributed by atoms with E-state index in [4.69, 9.17) is 5.73 Å². The Labute approximate surface area is 88.8 Å². The van der Waals surface area contributed by atoms with Crippen LogP contribution in [0.25, 0.3) is 0 Å². The average molecular weight is 195 g/mol. The van der Waals surface area contributed by atoms with Gasteiger partial charge in [-0.05, 0) is 44.4 Å². The molecule has 1 heteroatoms. The number of hydrogen-bond acceptors (Lipinski definition) is 1.